The van der Waals surface area contributed by atoms with Gasteiger partial charge in [-0.25, -0.2) is 0 Å². The quantitative estimate of drug-likeness (QED) is 0.359. The standard InChI is InChI=1S/C25H40N2O2/c1-3-5-7-9-10-11-12-16-20-27-23(19-13-8-6-4-2)24(28)26-22-18-15-14-17-21(22)25(27)29/h14-15,17-18,23H,3-13,16,19-20H2,1-2H3,(H,26,28). The van der Waals surface area contributed by atoms with Gasteiger partial charge in [-0.2, -0.15) is 0 Å². The van der Waals surface area contributed by atoms with E-state index in [9.17, 15) is 9.59 Å². The number of hydrogen-bond donors (Lipinski definition) is 1. The van der Waals surface area contributed by atoms with E-state index in [1.54, 1.807) is 0 Å². The minimum Gasteiger partial charge on any atom is -0.327 e. The van der Waals surface area contributed by atoms with Gasteiger partial charge in [-0.3, -0.25) is 9.59 Å². The normalized spacial score (nSPS) is 16.5. The smallest absolute Gasteiger partial charge is 0.256 e. The number of anilines is 1. The molecule has 162 valence electrons. The molecule has 0 bridgehead atoms. The molecule has 4 nitrogen and oxygen atoms in total. The Hall–Kier alpha value is -1.84. The van der Waals surface area contributed by atoms with Crippen molar-refractivity contribution in [1.82, 2.24) is 4.90 Å². The van der Waals surface area contributed by atoms with E-state index < -0.39 is 0 Å². The molecule has 1 aliphatic rings. The monoisotopic (exact) mass is 400 g/mol. The molecule has 0 spiro atoms. The highest BCUT2D eigenvalue weighted by atomic mass is 16.2. The number of para-hydroxylation sites is 1. The molecule has 29 heavy (non-hydrogen) atoms. The lowest BCUT2D eigenvalue weighted by molar-refractivity contribution is -0.120. The Balaban J connectivity index is 1.96. The molecule has 0 radical (unpaired) electrons. The summed E-state index contributed by atoms with van der Waals surface area (Å²) in [6.07, 6.45) is 15.1. The highest BCUT2D eigenvalue weighted by Crippen LogP contribution is 2.26. The molecule has 0 saturated carbocycles. The molecule has 1 unspecified atom stereocenters. The molecule has 1 aromatic carbocycles. The van der Waals surface area contributed by atoms with E-state index in [2.05, 4.69) is 19.2 Å². The van der Waals surface area contributed by atoms with Crippen molar-refractivity contribution in [2.24, 2.45) is 0 Å². The van der Waals surface area contributed by atoms with E-state index in [0.29, 0.717) is 17.8 Å². The van der Waals surface area contributed by atoms with Crippen LogP contribution in [0.3, 0.4) is 0 Å². The third-order valence-corrected chi connectivity index (χ3v) is 5.94. The molecule has 2 rings (SSSR count). The van der Waals surface area contributed by atoms with Crippen LogP contribution in [0.1, 0.15) is 108 Å². The summed E-state index contributed by atoms with van der Waals surface area (Å²) < 4.78 is 0. The first-order valence-electron chi connectivity index (χ1n) is 11.9. The summed E-state index contributed by atoms with van der Waals surface area (Å²) in [7, 11) is 0. The third-order valence-electron chi connectivity index (χ3n) is 5.94. The Morgan fingerprint density at radius 3 is 2.07 bits per heavy atom. The molecule has 0 saturated heterocycles. The summed E-state index contributed by atoms with van der Waals surface area (Å²) in [5, 5.41) is 3.00. The van der Waals surface area contributed by atoms with Crippen LogP contribution in [0.4, 0.5) is 5.69 Å². The average Bonchev–Trinajstić information content (AvgIpc) is 2.82. The predicted molar refractivity (Wildman–Crippen MR) is 121 cm³/mol. The fourth-order valence-electron chi connectivity index (χ4n) is 4.16. The molecular formula is C25H40N2O2. The van der Waals surface area contributed by atoms with Gasteiger partial charge in [0.15, 0.2) is 0 Å². The van der Waals surface area contributed by atoms with Gasteiger partial charge in [0, 0.05) is 6.54 Å². The van der Waals surface area contributed by atoms with Crippen molar-refractivity contribution in [3.05, 3.63) is 29.8 Å². The lowest BCUT2D eigenvalue weighted by Gasteiger charge is -2.29. The Kier molecular flexibility index (Phi) is 10.8. The Bertz CT molecular complexity index is 629. The second-order valence-electron chi connectivity index (χ2n) is 8.37. The van der Waals surface area contributed by atoms with Gasteiger partial charge in [-0.1, -0.05) is 96.6 Å². The SMILES string of the molecule is CCCCCCCCCCN1C(=O)c2ccccc2NC(=O)C1CCCCCC. The molecule has 2 amide bonds. The molecule has 0 aliphatic carbocycles. The maximum Gasteiger partial charge on any atom is 0.256 e. The van der Waals surface area contributed by atoms with E-state index in [1.165, 1.54) is 51.4 Å². The number of unbranched alkanes of at least 4 members (excludes halogenated alkanes) is 10. The maximum atomic E-state index is 13.3. The Morgan fingerprint density at radius 2 is 1.38 bits per heavy atom. The van der Waals surface area contributed by atoms with Gasteiger partial charge in [0.25, 0.3) is 5.91 Å². The van der Waals surface area contributed by atoms with Crippen molar-refractivity contribution in [2.75, 3.05) is 11.9 Å². The topological polar surface area (TPSA) is 49.4 Å². The Labute approximate surface area is 177 Å². The zero-order valence-corrected chi connectivity index (χ0v) is 18.5. The first-order valence-corrected chi connectivity index (χ1v) is 11.9. The number of nitrogens with one attached hydrogen (secondary N) is 1. The fraction of sp³-hybridized carbons (Fsp3) is 0.680. The number of nitrogens with zero attached hydrogens (tertiary/aromatic N) is 1. The number of carbonyl (C=O) groups excluding carboxylic acids is 2. The summed E-state index contributed by atoms with van der Waals surface area (Å²) in [5.74, 6) is -0.0262. The lowest BCUT2D eigenvalue weighted by Crippen LogP contribution is -2.45. The van der Waals surface area contributed by atoms with Crippen LogP contribution in [0.5, 0.6) is 0 Å². The van der Waals surface area contributed by atoms with Gasteiger partial charge >= 0.3 is 0 Å². The van der Waals surface area contributed by atoms with Gasteiger partial charge in [0.2, 0.25) is 5.91 Å². The van der Waals surface area contributed by atoms with E-state index in [1.807, 2.05) is 29.2 Å². The number of hydrogen-bond acceptors (Lipinski definition) is 2. The van der Waals surface area contributed by atoms with E-state index >= 15 is 0 Å². The van der Waals surface area contributed by atoms with Crippen molar-refractivity contribution in [3.63, 3.8) is 0 Å². The summed E-state index contributed by atoms with van der Waals surface area (Å²) in [6, 6.07) is 7.06. The van der Waals surface area contributed by atoms with Crippen LogP contribution in [0.2, 0.25) is 0 Å². The zero-order valence-electron chi connectivity index (χ0n) is 18.5. The molecule has 1 aliphatic heterocycles. The summed E-state index contributed by atoms with van der Waals surface area (Å²) in [6.45, 7) is 5.10. The van der Waals surface area contributed by atoms with Crippen molar-refractivity contribution in [3.8, 4) is 0 Å². The van der Waals surface area contributed by atoms with Crippen molar-refractivity contribution < 1.29 is 9.59 Å². The number of rotatable bonds is 14. The third kappa shape index (κ3) is 7.49. The van der Waals surface area contributed by atoms with Gasteiger partial charge in [0.1, 0.15) is 6.04 Å². The fourth-order valence-corrected chi connectivity index (χ4v) is 4.16. The molecule has 0 fully saturated rings. The molecular weight excluding hydrogens is 360 g/mol. The second-order valence-corrected chi connectivity index (χ2v) is 8.37. The second kappa shape index (κ2) is 13.4. The van der Waals surface area contributed by atoms with E-state index in [-0.39, 0.29) is 17.9 Å². The number of benzene rings is 1. The average molecular weight is 401 g/mol. The van der Waals surface area contributed by atoms with Crippen LogP contribution in [0, 0.1) is 0 Å². The number of carbonyl (C=O) groups is 2. The molecule has 1 aromatic rings. The first kappa shape index (κ1) is 23.4. The van der Waals surface area contributed by atoms with Gasteiger partial charge in [0.05, 0.1) is 11.3 Å². The van der Waals surface area contributed by atoms with E-state index in [0.717, 1.165) is 32.1 Å². The molecule has 1 heterocycles. The zero-order chi connectivity index (χ0) is 20.9. The highest BCUT2D eigenvalue weighted by molar-refractivity contribution is 6.09. The summed E-state index contributed by atoms with van der Waals surface area (Å²) >= 11 is 0. The van der Waals surface area contributed by atoms with Crippen LogP contribution in [-0.2, 0) is 4.79 Å². The van der Waals surface area contributed by atoms with Crippen LogP contribution in [0.25, 0.3) is 0 Å². The molecule has 4 heteroatoms. The lowest BCUT2D eigenvalue weighted by atomic mass is 10.0. The predicted octanol–water partition coefficient (Wildman–Crippen LogP) is 6.56. The van der Waals surface area contributed by atoms with Crippen LogP contribution in [0.15, 0.2) is 24.3 Å². The highest BCUT2D eigenvalue weighted by Gasteiger charge is 2.34. The van der Waals surface area contributed by atoms with Gasteiger partial charge < -0.3 is 10.2 Å². The van der Waals surface area contributed by atoms with Crippen LogP contribution >= 0.6 is 0 Å². The van der Waals surface area contributed by atoms with Crippen LogP contribution in [-0.4, -0.2) is 29.3 Å². The van der Waals surface area contributed by atoms with Crippen LogP contribution < -0.4 is 5.32 Å². The summed E-state index contributed by atoms with van der Waals surface area (Å²) in [4.78, 5) is 28.0. The van der Waals surface area contributed by atoms with Gasteiger partial charge in [-0.05, 0) is 25.0 Å². The van der Waals surface area contributed by atoms with Crippen molar-refractivity contribution in [1.29, 1.82) is 0 Å². The van der Waals surface area contributed by atoms with Crippen molar-refractivity contribution in [2.45, 2.75) is 103 Å². The van der Waals surface area contributed by atoms with E-state index in [4.69, 9.17) is 0 Å². The van der Waals surface area contributed by atoms with Gasteiger partial charge in [-0.15, -0.1) is 0 Å². The minimum atomic E-state index is -0.351. The molecule has 1 N–H and O–H groups in total. The van der Waals surface area contributed by atoms with Crippen molar-refractivity contribution >= 4 is 17.5 Å². The number of amides is 2. The largest absolute Gasteiger partial charge is 0.327 e. The minimum absolute atomic E-state index is 0.00221. The number of fused-ring (bicyclic) bond motifs is 1. The molecule has 0 aromatic heterocycles. The Morgan fingerprint density at radius 1 is 0.793 bits per heavy atom. The maximum absolute atomic E-state index is 13.3. The molecule has 1 atom stereocenters. The first-order chi connectivity index (χ1) is 14.2. The summed E-state index contributed by atoms with van der Waals surface area (Å²) in [5.41, 5.74) is 1.27.